The maximum absolute atomic E-state index is 11.6. The second-order valence-electron chi connectivity index (χ2n) is 6.85. The standard InChI is InChI=1S/C23H31ClN4O3.HI/c1-5-25-22(29)16-31-20-12-11-17(13-21(20)30-4)14-27-23(26-6-2)28(3)15-18-9-7-8-10-19(18)24;/h7-13H,5-6,14-16H2,1-4H3,(H,25,29)(H,26,27);1H. The van der Waals surface area contributed by atoms with Gasteiger partial charge in [0.1, 0.15) is 0 Å². The molecule has 176 valence electrons. The molecule has 0 fully saturated rings. The van der Waals surface area contributed by atoms with Crippen molar-refractivity contribution in [1.29, 1.82) is 0 Å². The first-order valence-electron chi connectivity index (χ1n) is 10.3. The minimum Gasteiger partial charge on any atom is -0.493 e. The number of hydrogen-bond donors (Lipinski definition) is 2. The molecule has 0 saturated heterocycles. The van der Waals surface area contributed by atoms with Gasteiger partial charge in [0.15, 0.2) is 24.1 Å². The fourth-order valence-corrected chi connectivity index (χ4v) is 3.11. The molecule has 1 amide bonds. The van der Waals surface area contributed by atoms with Crippen LogP contribution in [0.2, 0.25) is 5.02 Å². The summed E-state index contributed by atoms with van der Waals surface area (Å²) in [6.45, 7) is 6.25. The number of methoxy groups -OCH3 is 1. The fourth-order valence-electron chi connectivity index (χ4n) is 2.91. The number of carbonyl (C=O) groups excluding carboxylic acids is 1. The van der Waals surface area contributed by atoms with E-state index in [0.717, 1.165) is 28.7 Å². The zero-order valence-corrected chi connectivity index (χ0v) is 22.1. The van der Waals surface area contributed by atoms with Gasteiger partial charge in [-0.15, -0.1) is 24.0 Å². The van der Waals surface area contributed by atoms with E-state index in [2.05, 4.69) is 10.6 Å². The first kappa shape index (κ1) is 27.8. The molecule has 0 bridgehead atoms. The average Bonchev–Trinajstić information content (AvgIpc) is 2.77. The smallest absolute Gasteiger partial charge is 0.257 e. The Hall–Kier alpha value is -2.20. The van der Waals surface area contributed by atoms with Crippen LogP contribution in [0.15, 0.2) is 47.5 Å². The highest BCUT2D eigenvalue weighted by molar-refractivity contribution is 14.0. The summed E-state index contributed by atoms with van der Waals surface area (Å²) >= 11 is 6.30. The number of nitrogens with one attached hydrogen (secondary N) is 2. The molecule has 2 rings (SSSR count). The molecule has 0 heterocycles. The molecule has 0 aliphatic rings. The van der Waals surface area contributed by atoms with Crippen LogP contribution in [-0.2, 0) is 17.9 Å². The Morgan fingerprint density at radius 2 is 1.81 bits per heavy atom. The molecule has 0 saturated carbocycles. The molecule has 2 aromatic carbocycles. The highest BCUT2D eigenvalue weighted by Gasteiger charge is 2.11. The molecule has 0 aliphatic carbocycles. The molecule has 0 spiro atoms. The van der Waals surface area contributed by atoms with E-state index < -0.39 is 0 Å². The number of rotatable bonds is 10. The van der Waals surface area contributed by atoms with Gasteiger partial charge in [0.05, 0.1) is 13.7 Å². The quantitative estimate of drug-likeness (QED) is 0.254. The minimum absolute atomic E-state index is 0. The summed E-state index contributed by atoms with van der Waals surface area (Å²) in [6.07, 6.45) is 0. The number of benzene rings is 2. The van der Waals surface area contributed by atoms with Gasteiger partial charge in [-0.2, -0.15) is 0 Å². The Morgan fingerprint density at radius 1 is 1.09 bits per heavy atom. The van der Waals surface area contributed by atoms with E-state index in [1.165, 1.54) is 0 Å². The molecule has 2 aromatic rings. The molecule has 0 atom stereocenters. The topological polar surface area (TPSA) is 75.2 Å². The van der Waals surface area contributed by atoms with Crippen molar-refractivity contribution in [3.8, 4) is 11.5 Å². The number of halogens is 2. The van der Waals surface area contributed by atoms with Crippen LogP contribution in [-0.4, -0.2) is 50.6 Å². The molecule has 0 radical (unpaired) electrons. The Kier molecular flexibility index (Phi) is 12.9. The van der Waals surface area contributed by atoms with Gasteiger partial charge in [-0.1, -0.05) is 35.9 Å². The maximum Gasteiger partial charge on any atom is 0.257 e. The maximum atomic E-state index is 11.6. The van der Waals surface area contributed by atoms with Gasteiger partial charge in [0.2, 0.25) is 0 Å². The third kappa shape index (κ3) is 8.74. The van der Waals surface area contributed by atoms with Crippen LogP contribution < -0.4 is 20.1 Å². The number of hydrogen-bond acceptors (Lipinski definition) is 4. The third-order valence-electron chi connectivity index (χ3n) is 4.43. The fraction of sp³-hybridized carbons (Fsp3) is 0.391. The number of ether oxygens (including phenoxy) is 2. The van der Waals surface area contributed by atoms with Crippen molar-refractivity contribution in [3.63, 3.8) is 0 Å². The minimum atomic E-state index is -0.171. The number of nitrogens with zero attached hydrogens (tertiary/aromatic N) is 2. The third-order valence-corrected chi connectivity index (χ3v) is 4.80. The van der Waals surface area contributed by atoms with Crippen molar-refractivity contribution < 1.29 is 14.3 Å². The summed E-state index contributed by atoms with van der Waals surface area (Å²) in [5.41, 5.74) is 2.00. The molecule has 7 nitrogen and oxygen atoms in total. The highest BCUT2D eigenvalue weighted by atomic mass is 127. The Morgan fingerprint density at radius 3 is 2.47 bits per heavy atom. The summed E-state index contributed by atoms with van der Waals surface area (Å²) in [7, 11) is 3.55. The first-order chi connectivity index (χ1) is 15.0. The zero-order chi connectivity index (χ0) is 22.6. The summed E-state index contributed by atoms with van der Waals surface area (Å²) < 4.78 is 11.0. The number of amides is 1. The second-order valence-corrected chi connectivity index (χ2v) is 7.25. The predicted octanol–water partition coefficient (Wildman–Crippen LogP) is 4.08. The van der Waals surface area contributed by atoms with Crippen molar-refractivity contribution in [2.24, 2.45) is 4.99 Å². The van der Waals surface area contributed by atoms with Crippen LogP contribution in [0.1, 0.15) is 25.0 Å². The molecule has 9 heteroatoms. The second kappa shape index (κ2) is 14.8. The van der Waals surface area contributed by atoms with Crippen LogP contribution >= 0.6 is 35.6 Å². The van der Waals surface area contributed by atoms with Crippen LogP contribution in [0.5, 0.6) is 11.5 Å². The summed E-state index contributed by atoms with van der Waals surface area (Å²) in [5, 5.41) is 6.74. The van der Waals surface area contributed by atoms with Crippen molar-refractivity contribution in [2.45, 2.75) is 26.9 Å². The van der Waals surface area contributed by atoms with E-state index in [1.54, 1.807) is 13.2 Å². The molecule has 32 heavy (non-hydrogen) atoms. The van der Waals surface area contributed by atoms with E-state index in [9.17, 15) is 4.79 Å². The van der Waals surface area contributed by atoms with E-state index in [-0.39, 0.29) is 36.5 Å². The molecule has 0 aromatic heterocycles. The van der Waals surface area contributed by atoms with Crippen molar-refractivity contribution >= 4 is 47.4 Å². The van der Waals surface area contributed by atoms with Gasteiger partial charge in [0, 0.05) is 31.7 Å². The zero-order valence-electron chi connectivity index (χ0n) is 19.0. The highest BCUT2D eigenvalue weighted by Crippen LogP contribution is 2.28. The van der Waals surface area contributed by atoms with E-state index in [0.29, 0.717) is 31.1 Å². The first-order valence-corrected chi connectivity index (χ1v) is 10.7. The van der Waals surface area contributed by atoms with Crippen molar-refractivity contribution in [1.82, 2.24) is 15.5 Å². The Labute approximate surface area is 212 Å². The summed E-state index contributed by atoms with van der Waals surface area (Å²) in [6, 6.07) is 13.4. The number of guanidine groups is 1. The van der Waals surface area contributed by atoms with E-state index in [4.69, 9.17) is 26.1 Å². The predicted molar refractivity (Wildman–Crippen MR) is 140 cm³/mol. The number of likely N-dealkylation sites (N-methyl/N-ethyl adjacent to an activating group) is 1. The largest absolute Gasteiger partial charge is 0.493 e. The van der Waals surface area contributed by atoms with Gasteiger partial charge in [-0.25, -0.2) is 4.99 Å². The Balaban J connectivity index is 0.00000512. The van der Waals surface area contributed by atoms with Gasteiger partial charge >= 0.3 is 0 Å². The molecule has 0 unspecified atom stereocenters. The van der Waals surface area contributed by atoms with Crippen LogP contribution in [0.4, 0.5) is 0 Å². The molecular weight excluding hydrogens is 543 g/mol. The lowest BCUT2D eigenvalue weighted by atomic mass is 10.2. The van der Waals surface area contributed by atoms with Gasteiger partial charge in [-0.05, 0) is 43.2 Å². The van der Waals surface area contributed by atoms with Gasteiger partial charge in [0.25, 0.3) is 5.91 Å². The molecular formula is C23H32ClIN4O3. The van der Waals surface area contributed by atoms with E-state index in [1.807, 2.05) is 62.2 Å². The summed E-state index contributed by atoms with van der Waals surface area (Å²) in [5.74, 6) is 1.68. The summed E-state index contributed by atoms with van der Waals surface area (Å²) in [4.78, 5) is 18.4. The lowest BCUT2D eigenvalue weighted by molar-refractivity contribution is -0.123. The van der Waals surface area contributed by atoms with Gasteiger partial charge < -0.3 is 25.0 Å². The number of carbonyl (C=O) groups is 1. The van der Waals surface area contributed by atoms with Gasteiger partial charge in [-0.3, -0.25) is 4.79 Å². The van der Waals surface area contributed by atoms with Crippen LogP contribution in [0, 0.1) is 0 Å². The van der Waals surface area contributed by atoms with Crippen molar-refractivity contribution in [3.05, 3.63) is 58.6 Å². The monoisotopic (exact) mass is 574 g/mol. The molecule has 2 N–H and O–H groups in total. The van der Waals surface area contributed by atoms with Crippen LogP contribution in [0.3, 0.4) is 0 Å². The lowest BCUT2D eigenvalue weighted by Gasteiger charge is -2.22. The van der Waals surface area contributed by atoms with Crippen LogP contribution in [0.25, 0.3) is 0 Å². The molecule has 0 aliphatic heterocycles. The average molecular weight is 575 g/mol. The Bertz CT molecular complexity index is 895. The number of aliphatic imine (C=N–C) groups is 1. The SMILES string of the molecule is CCNC(=O)COc1ccc(CN=C(NCC)N(C)Cc2ccccc2Cl)cc1OC.I. The normalized spacial score (nSPS) is 10.7. The van der Waals surface area contributed by atoms with Crippen molar-refractivity contribution in [2.75, 3.05) is 33.9 Å². The lowest BCUT2D eigenvalue weighted by Crippen LogP contribution is -2.38. The van der Waals surface area contributed by atoms with E-state index >= 15 is 0 Å².